The van der Waals surface area contributed by atoms with Crippen molar-refractivity contribution in [1.29, 1.82) is 0 Å². The number of anilines is 3. The summed E-state index contributed by atoms with van der Waals surface area (Å²) in [6.07, 6.45) is 0. The van der Waals surface area contributed by atoms with Crippen molar-refractivity contribution in [3.8, 4) is 89.2 Å². The normalized spacial score (nSPS) is 11.2. The maximum Gasteiger partial charge on any atom is 0.143 e. The molecule has 0 amide bonds. The second-order valence-electron chi connectivity index (χ2n) is 18.8. The van der Waals surface area contributed by atoms with Gasteiger partial charge in [0.05, 0.1) is 0 Å². The van der Waals surface area contributed by atoms with Gasteiger partial charge in [-0.3, -0.25) is 0 Å². The minimum atomic E-state index is 0.882. The number of furan rings is 1. The van der Waals surface area contributed by atoms with Gasteiger partial charge in [0.25, 0.3) is 0 Å². The van der Waals surface area contributed by atoms with Gasteiger partial charge in [-0.15, -0.1) is 0 Å². The maximum atomic E-state index is 6.58. The zero-order valence-corrected chi connectivity index (χ0v) is 40.6. The summed E-state index contributed by atoms with van der Waals surface area (Å²) < 4.78 is 6.58. The van der Waals surface area contributed by atoms with Crippen LogP contribution in [0.1, 0.15) is 0 Å². The Morgan fingerprint density at radius 2 is 0.608 bits per heavy atom. The number of rotatable bonds is 11. The molecule has 13 aromatic rings. The highest BCUT2D eigenvalue weighted by Crippen LogP contribution is 2.44. The lowest BCUT2D eigenvalue weighted by atomic mass is 9.89. The highest BCUT2D eigenvalue weighted by atomic mass is 16.3. The van der Waals surface area contributed by atoms with Gasteiger partial charge in [-0.05, 0) is 132 Å². The van der Waals surface area contributed by atoms with Crippen LogP contribution in [0.15, 0.2) is 302 Å². The molecule has 2 nitrogen and oxygen atoms in total. The molecule has 0 unspecified atom stereocenters. The van der Waals surface area contributed by atoms with E-state index in [1.807, 2.05) is 12.1 Å². The molecular weight excluding hydrogens is 895 g/mol. The molecule has 0 radical (unpaired) electrons. The van der Waals surface area contributed by atoms with Crippen LogP contribution < -0.4 is 4.90 Å². The topological polar surface area (TPSA) is 16.4 Å². The van der Waals surface area contributed by atoms with Crippen LogP contribution in [0.3, 0.4) is 0 Å². The van der Waals surface area contributed by atoms with E-state index in [1.54, 1.807) is 0 Å². The molecule has 13 rings (SSSR count). The molecule has 0 aliphatic heterocycles. The van der Waals surface area contributed by atoms with Crippen molar-refractivity contribution < 1.29 is 4.42 Å². The van der Waals surface area contributed by atoms with Crippen LogP contribution in [0.5, 0.6) is 0 Å². The highest BCUT2D eigenvalue weighted by molar-refractivity contribution is 6.02. The number of fused-ring (bicyclic) bond motifs is 2. The molecule has 1 aromatic heterocycles. The van der Waals surface area contributed by atoms with Crippen LogP contribution >= 0.6 is 0 Å². The van der Waals surface area contributed by atoms with Gasteiger partial charge in [-0.1, -0.05) is 249 Å². The molecule has 1 heterocycles. The predicted molar refractivity (Wildman–Crippen MR) is 312 cm³/mol. The first-order valence-electron chi connectivity index (χ1n) is 25.3. The van der Waals surface area contributed by atoms with Gasteiger partial charge in [0, 0.05) is 33.6 Å². The quantitative estimate of drug-likeness (QED) is 0.128. The molecule has 348 valence electrons. The van der Waals surface area contributed by atoms with E-state index in [9.17, 15) is 0 Å². The average Bonchev–Trinajstić information content (AvgIpc) is 3.89. The lowest BCUT2D eigenvalue weighted by Crippen LogP contribution is -2.09. The minimum Gasteiger partial charge on any atom is -0.455 e. The number of para-hydroxylation sites is 1. The molecular formula is C72H49NO. The lowest BCUT2D eigenvalue weighted by molar-refractivity contribution is 0.632. The molecule has 74 heavy (non-hydrogen) atoms. The lowest BCUT2D eigenvalue weighted by Gasteiger charge is -2.26. The Labute approximate surface area is 432 Å². The smallest absolute Gasteiger partial charge is 0.143 e. The van der Waals surface area contributed by atoms with E-state index in [2.05, 4.69) is 290 Å². The van der Waals surface area contributed by atoms with Crippen LogP contribution in [-0.4, -0.2) is 0 Å². The molecule has 0 saturated carbocycles. The summed E-state index contributed by atoms with van der Waals surface area (Å²) in [5.41, 5.74) is 21.6. The number of hydrogen-bond acceptors (Lipinski definition) is 2. The summed E-state index contributed by atoms with van der Waals surface area (Å²) in [4.78, 5) is 2.36. The zero-order valence-electron chi connectivity index (χ0n) is 40.6. The van der Waals surface area contributed by atoms with Crippen LogP contribution in [-0.2, 0) is 0 Å². The molecule has 0 saturated heterocycles. The van der Waals surface area contributed by atoms with Crippen molar-refractivity contribution in [3.63, 3.8) is 0 Å². The molecule has 0 fully saturated rings. The summed E-state index contributed by atoms with van der Waals surface area (Å²) >= 11 is 0. The first kappa shape index (κ1) is 44.2. The summed E-state index contributed by atoms with van der Waals surface area (Å²) in [5.74, 6) is 0.882. The largest absolute Gasteiger partial charge is 0.455 e. The van der Waals surface area contributed by atoms with Crippen LogP contribution in [0.4, 0.5) is 17.1 Å². The second-order valence-corrected chi connectivity index (χ2v) is 18.8. The predicted octanol–water partition coefficient (Wildman–Crippen LogP) is 20.4. The van der Waals surface area contributed by atoms with Crippen molar-refractivity contribution >= 4 is 38.8 Å². The molecule has 0 bridgehead atoms. The van der Waals surface area contributed by atoms with Gasteiger partial charge < -0.3 is 9.32 Å². The molecule has 12 aromatic carbocycles. The van der Waals surface area contributed by atoms with E-state index in [4.69, 9.17) is 4.42 Å². The maximum absolute atomic E-state index is 6.58. The summed E-state index contributed by atoms with van der Waals surface area (Å²) in [6, 6.07) is 107. The van der Waals surface area contributed by atoms with E-state index >= 15 is 0 Å². The van der Waals surface area contributed by atoms with Gasteiger partial charge in [0.1, 0.15) is 11.3 Å². The number of nitrogens with zero attached hydrogens (tertiary/aromatic N) is 1. The van der Waals surface area contributed by atoms with Crippen LogP contribution in [0, 0.1) is 0 Å². The minimum absolute atomic E-state index is 0.882. The van der Waals surface area contributed by atoms with Crippen molar-refractivity contribution in [3.05, 3.63) is 297 Å². The number of hydrogen-bond donors (Lipinski definition) is 0. The Kier molecular flexibility index (Phi) is 11.6. The van der Waals surface area contributed by atoms with E-state index in [1.165, 1.54) is 49.7 Å². The summed E-state index contributed by atoms with van der Waals surface area (Å²) in [5, 5.41) is 3.60. The van der Waals surface area contributed by atoms with E-state index < -0.39 is 0 Å². The Hall–Kier alpha value is -9.76. The van der Waals surface area contributed by atoms with Crippen molar-refractivity contribution in [2.75, 3.05) is 4.90 Å². The van der Waals surface area contributed by atoms with E-state index in [0.717, 1.165) is 78.3 Å². The Balaban J connectivity index is 0.826. The fourth-order valence-corrected chi connectivity index (χ4v) is 10.7. The third-order valence-electron chi connectivity index (χ3n) is 14.4. The fourth-order valence-electron chi connectivity index (χ4n) is 10.7. The van der Waals surface area contributed by atoms with Gasteiger partial charge in [-0.2, -0.15) is 0 Å². The third-order valence-corrected chi connectivity index (χ3v) is 14.4. The molecule has 0 aliphatic rings. The molecule has 0 aliphatic carbocycles. The SMILES string of the molecule is c1ccc(-c2ccccc2-c2ccccc2-c2ccc(N(c3ccc(-c4ccc(-c5cccc(-c6oc7ccccc7c6-c6ccccc6)c5)cc4)cc3)c3ccc(-c4cccc5ccccc45)cc3)cc2)cc1. The van der Waals surface area contributed by atoms with Crippen molar-refractivity contribution in [2.45, 2.75) is 0 Å². The molecule has 0 atom stereocenters. The first-order valence-corrected chi connectivity index (χ1v) is 25.3. The highest BCUT2D eigenvalue weighted by Gasteiger charge is 2.19. The molecule has 2 heteroatoms. The van der Waals surface area contributed by atoms with E-state index in [0.29, 0.717) is 0 Å². The van der Waals surface area contributed by atoms with Gasteiger partial charge >= 0.3 is 0 Å². The molecule has 0 spiro atoms. The summed E-state index contributed by atoms with van der Waals surface area (Å²) in [7, 11) is 0. The van der Waals surface area contributed by atoms with E-state index in [-0.39, 0.29) is 0 Å². The van der Waals surface area contributed by atoms with Crippen molar-refractivity contribution in [2.24, 2.45) is 0 Å². The van der Waals surface area contributed by atoms with Gasteiger partial charge in [0.2, 0.25) is 0 Å². The fraction of sp³-hybridized carbons (Fsp3) is 0. The van der Waals surface area contributed by atoms with Gasteiger partial charge in [0.15, 0.2) is 0 Å². The summed E-state index contributed by atoms with van der Waals surface area (Å²) in [6.45, 7) is 0. The first-order chi connectivity index (χ1) is 36.7. The third kappa shape index (κ3) is 8.45. The molecule has 0 N–H and O–H groups in total. The van der Waals surface area contributed by atoms with Crippen LogP contribution in [0.25, 0.3) is 111 Å². The monoisotopic (exact) mass is 943 g/mol. The Bertz CT molecular complexity index is 4070. The second kappa shape index (κ2) is 19.4. The standard InChI is InChI=1S/C72H49NO/c1-3-17-53(18-4-1)65-26-9-11-28-67(65)68-29-12-10-27-66(68)56-41-47-62(48-42-56)73(61-45-39-55(40-46-61)64-31-16-22-54-19-7-8-25-63(54)64)60-43-37-51(38-44-60)50-33-35-52(36-34-50)58-23-15-24-59(49-58)72-71(57-20-5-2-6-21-57)69-30-13-14-32-70(69)74-72/h1-49H. The van der Waals surface area contributed by atoms with Gasteiger partial charge in [-0.25, -0.2) is 0 Å². The van der Waals surface area contributed by atoms with Crippen LogP contribution in [0.2, 0.25) is 0 Å². The Morgan fingerprint density at radius 1 is 0.230 bits per heavy atom. The Morgan fingerprint density at radius 3 is 1.22 bits per heavy atom. The average molecular weight is 944 g/mol. The zero-order chi connectivity index (χ0) is 49.2. The van der Waals surface area contributed by atoms with Crippen molar-refractivity contribution in [1.82, 2.24) is 0 Å². The number of benzene rings is 12.